The molecular formula is C14H22N2O4S. The van der Waals surface area contributed by atoms with Crippen molar-refractivity contribution in [1.82, 2.24) is 9.62 Å². The van der Waals surface area contributed by atoms with Gasteiger partial charge in [0.25, 0.3) is 0 Å². The van der Waals surface area contributed by atoms with Gasteiger partial charge in [0.15, 0.2) is 0 Å². The first-order valence-electron chi connectivity index (χ1n) is 6.86. The maximum Gasteiger partial charge on any atom is 0.335 e. The Labute approximate surface area is 125 Å². The number of carboxylic acid groups (broad SMARTS) is 1. The summed E-state index contributed by atoms with van der Waals surface area (Å²) in [6.45, 7) is 5.53. The van der Waals surface area contributed by atoms with Gasteiger partial charge in [0.05, 0.1) is 10.5 Å². The van der Waals surface area contributed by atoms with Gasteiger partial charge < -0.3 is 10.0 Å². The van der Waals surface area contributed by atoms with Crippen molar-refractivity contribution in [1.29, 1.82) is 0 Å². The second kappa shape index (κ2) is 7.53. The fourth-order valence-electron chi connectivity index (χ4n) is 1.84. The van der Waals surface area contributed by atoms with Crippen LogP contribution >= 0.6 is 0 Å². The van der Waals surface area contributed by atoms with Gasteiger partial charge in [-0.3, -0.25) is 0 Å². The summed E-state index contributed by atoms with van der Waals surface area (Å²) in [5, 5.41) is 9.00. The number of aryl methyl sites for hydroxylation is 1. The molecule has 1 aromatic rings. The van der Waals surface area contributed by atoms with Gasteiger partial charge in [0.2, 0.25) is 10.0 Å². The van der Waals surface area contributed by atoms with Crippen molar-refractivity contribution >= 4 is 16.0 Å². The number of sulfonamides is 1. The van der Waals surface area contributed by atoms with Crippen molar-refractivity contribution in [3.05, 3.63) is 29.3 Å². The summed E-state index contributed by atoms with van der Waals surface area (Å²) in [6, 6.07) is 4.19. The summed E-state index contributed by atoms with van der Waals surface area (Å²) in [5.74, 6) is -1.14. The standard InChI is InChI=1S/C14H22N2O4S/c1-4-11-6-7-12(14(17)18)10-13(11)21(19,20)15-8-9-16(3)5-2/h6-7,10,15H,4-5,8-9H2,1-3H3,(H,17,18). The molecule has 1 aromatic carbocycles. The highest BCUT2D eigenvalue weighted by atomic mass is 32.2. The van der Waals surface area contributed by atoms with Crippen molar-refractivity contribution in [2.75, 3.05) is 26.7 Å². The van der Waals surface area contributed by atoms with E-state index in [-0.39, 0.29) is 17.0 Å². The number of aromatic carboxylic acids is 1. The molecule has 0 bridgehead atoms. The lowest BCUT2D eigenvalue weighted by atomic mass is 10.1. The van der Waals surface area contributed by atoms with Crippen LogP contribution in [0.2, 0.25) is 0 Å². The van der Waals surface area contributed by atoms with Crippen molar-refractivity contribution < 1.29 is 18.3 Å². The molecule has 2 N–H and O–H groups in total. The number of hydrogen-bond donors (Lipinski definition) is 2. The molecule has 6 nitrogen and oxygen atoms in total. The third kappa shape index (κ3) is 4.80. The van der Waals surface area contributed by atoms with Crippen LogP contribution in [0.1, 0.15) is 29.8 Å². The summed E-state index contributed by atoms with van der Waals surface area (Å²) in [6.07, 6.45) is 0.519. The Morgan fingerprint density at radius 3 is 2.52 bits per heavy atom. The van der Waals surface area contributed by atoms with Crippen LogP contribution < -0.4 is 4.72 Å². The third-order valence-electron chi connectivity index (χ3n) is 3.31. The van der Waals surface area contributed by atoms with Crippen LogP contribution in [0.15, 0.2) is 23.1 Å². The fourth-order valence-corrected chi connectivity index (χ4v) is 3.19. The van der Waals surface area contributed by atoms with E-state index in [9.17, 15) is 13.2 Å². The highest BCUT2D eigenvalue weighted by molar-refractivity contribution is 7.89. The zero-order valence-corrected chi connectivity index (χ0v) is 13.4. The van der Waals surface area contributed by atoms with Crippen LogP contribution in [0, 0.1) is 0 Å². The monoisotopic (exact) mass is 314 g/mol. The predicted octanol–water partition coefficient (Wildman–Crippen LogP) is 1.18. The van der Waals surface area contributed by atoms with Crippen molar-refractivity contribution in [2.45, 2.75) is 25.2 Å². The molecule has 0 radical (unpaired) electrons. The highest BCUT2D eigenvalue weighted by Crippen LogP contribution is 2.18. The van der Waals surface area contributed by atoms with E-state index in [1.807, 2.05) is 25.8 Å². The maximum atomic E-state index is 12.3. The normalized spacial score (nSPS) is 11.8. The quantitative estimate of drug-likeness (QED) is 0.752. The van der Waals surface area contributed by atoms with E-state index in [1.54, 1.807) is 6.07 Å². The Morgan fingerprint density at radius 2 is 2.00 bits per heavy atom. The molecule has 7 heteroatoms. The van der Waals surface area contributed by atoms with Crippen LogP contribution in [0.5, 0.6) is 0 Å². The molecule has 0 atom stereocenters. The van der Waals surface area contributed by atoms with Crippen LogP contribution in [0.3, 0.4) is 0 Å². The number of benzene rings is 1. The van der Waals surface area contributed by atoms with E-state index in [0.717, 1.165) is 6.54 Å². The lowest BCUT2D eigenvalue weighted by Gasteiger charge is -2.15. The summed E-state index contributed by atoms with van der Waals surface area (Å²) < 4.78 is 27.2. The van der Waals surface area contributed by atoms with Gasteiger partial charge in [-0.2, -0.15) is 0 Å². The molecule has 0 saturated heterocycles. The molecule has 118 valence electrons. The molecule has 21 heavy (non-hydrogen) atoms. The van der Waals surface area contributed by atoms with Crippen LogP contribution in [0.25, 0.3) is 0 Å². The lowest BCUT2D eigenvalue weighted by Crippen LogP contribution is -2.33. The minimum Gasteiger partial charge on any atom is -0.478 e. The van der Waals surface area contributed by atoms with Crippen molar-refractivity contribution in [3.8, 4) is 0 Å². The minimum absolute atomic E-state index is 0.0294. The molecule has 0 heterocycles. The van der Waals surface area contributed by atoms with E-state index in [1.165, 1.54) is 12.1 Å². The highest BCUT2D eigenvalue weighted by Gasteiger charge is 2.19. The third-order valence-corrected chi connectivity index (χ3v) is 4.85. The number of likely N-dealkylation sites (N-methyl/N-ethyl adjacent to an activating group) is 1. The Bertz CT molecular complexity index is 599. The number of carbonyl (C=O) groups is 1. The molecule has 1 rings (SSSR count). The molecule has 0 aliphatic heterocycles. The SMILES string of the molecule is CCc1ccc(C(=O)O)cc1S(=O)(=O)NCCN(C)CC. The molecule has 0 aromatic heterocycles. The van der Waals surface area contributed by atoms with E-state index in [2.05, 4.69) is 4.72 Å². The van der Waals surface area contributed by atoms with Gasteiger partial charge in [-0.25, -0.2) is 17.9 Å². The molecule has 0 amide bonds. The molecule has 0 saturated carbocycles. The second-order valence-electron chi connectivity index (χ2n) is 4.77. The van der Waals surface area contributed by atoms with Crippen molar-refractivity contribution in [2.24, 2.45) is 0 Å². The first kappa shape index (κ1) is 17.6. The van der Waals surface area contributed by atoms with E-state index in [4.69, 9.17) is 5.11 Å². The minimum atomic E-state index is -3.70. The van der Waals surface area contributed by atoms with Crippen LogP contribution in [0.4, 0.5) is 0 Å². The molecule has 0 aliphatic rings. The zero-order valence-electron chi connectivity index (χ0n) is 12.6. The number of carboxylic acids is 1. The molecule has 0 aliphatic carbocycles. The smallest absolute Gasteiger partial charge is 0.335 e. The Balaban J connectivity index is 3.00. The predicted molar refractivity (Wildman–Crippen MR) is 81.1 cm³/mol. The summed E-state index contributed by atoms with van der Waals surface area (Å²) in [5.41, 5.74) is 0.578. The topological polar surface area (TPSA) is 86.7 Å². The Hall–Kier alpha value is -1.44. The average Bonchev–Trinajstić information content (AvgIpc) is 2.45. The summed E-state index contributed by atoms with van der Waals surface area (Å²) >= 11 is 0. The van der Waals surface area contributed by atoms with Gasteiger partial charge in [0.1, 0.15) is 0 Å². The van der Waals surface area contributed by atoms with Gasteiger partial charge >= 0.3 is 5.97 Å². The summed E-state index contributed by atoms with van der Waals surface area (Å²) in [7, 11) is -1.80. The fraction of sp³-hybridized carbons (Fsp3) is 0.500. The van der Waals surface area contributed by atoms with Gasteiger partial charge in [-0.05, 0) is 37.7 Å². The van der Waals surface area contributed by atoms with E-state index >= 15 is 0 Å². The number of nitrogens with zero attached hydrogens (tertiary/aromatic N) is 1. The van der Waals surface area contributed by atoms with E-state index in [0.29, 0.717) is 18.5 Å². The molecule has 0 fully saturated rings. The molecule has 0 spiro atoms. The van der Waals surface area contributed by atoms with Gasteiger partial charge in [-0.1, -0.05) is 19.9 Å². The Morgan fingerprint density at radius 1 is 1.33 bits per heavy atom. The largest absolute Gasteiger partial charge is 0.478 e. The van der Waals surface area contributed by atoms with Gasteiger partial charge in [0, 0.05) is 13.1 Å². The number of nitrogens with one attached hydrogen (secondary N) is 1. The van der Waals surface area contributed by atoms with Crippen LogP contribution in [-0.2, 0) is 16.4 Å². The Kier molecular flexibility index (Phi) is 6.32. The first-order chi connectivity index (χ1) is 9.81. The van der Waals surface area contributed by atoms with E-state index < -0.39 is 16.0 Å². The molecular weight excluding hydrogens is 292 g/mol. The zero-order chi connectivity index (χ0) is 16.0. The molecule has 0 unspecified atom stereocenters. The lowest BCUT2D eigenvalue weighted by molar-refractivity contribution is 0.0696. The second-order valence-corrected chi connectivity index (χ2v) is 6.51. The van der Waals surface area contributed by atoms with Gasteiger partial charge in [-0.15, -0.1) is 0 Å². The van der Waals surface area contributed by atoms with Crippen molar-refractivity contribution in [3.63, 3.8) is 0 Å². The van der Waals surface area contributed by atoms with Crippen LogP contribution in [-0.4, -0.2) is 51.1 Å². The number of rotatable bonds is 8. The first-order valence-corrected chi connectivity index (χ1v) is 8.34. The number of hydrogen-bond acceptors (Lipinski definition) is 4. The average molecular weight is 314 g/mol. The maximum absolute atomic E-state index is 12.3. The summed E-state index contributed by atoms with van der Waals surface area (Å²) in [4.78, 5) is 13.0.